The molecule has 1 aliphatic heterocycles. The van der Waals surface area contributed by atoms with Crippen molar-refractivity contribution in [2.24, 2.45) is 0 Å². The topological polar surface area (TPSA) is 43.4 Å². The number of pyridine rings is 1. The predicted molar refractivity (Wildman–Crippen MR) is 63.0 cm³/mol. The summed E-state index contributed by atoms with van der Waals surface area (Å²) < 4.78 is 10.6. The summed E-state index contributed by atoms with van der Waals surface area (Å²) in [6.07, 6.45) is 1.31. The Labute approximate surface area is 96.0 Å². The fourth-order valence-corrected chi connectivity index (χ4v) is 1.93. The minimum atomic E-state index is 0.265. The largest absolute Gasteiger partial charge is 0.481 e. The lowest BCUT2D eigenvalue weighted by molar-refractivity contribution is 0.121. The average molecular weight is 222 g/mol. The van der Waals surface area contributed by atoms with Gasteiger partial charge in [-0.2, -0.15) is 0 Å². The fraction of sp³-hybridized carbons (Fsp3) is 0.583. The van der Waals surface area contributed by atoms with Crippen LogP contribution in [-0.2, 0) is 4.74 Å². The Morgan fingerprint density at radius 2 is 2.31 bits per heavy atom. The molecule has 1 aromatic rings. The highest BCUT2D eigenvalue weighted by molar-refractivity contribution is 5.49. The van der Waals surface area contributed by atoms with Crippen LogP contribution in [-0.4, -0.2) is 30.8 Å². The first-order valence-corrected chi connectivity index (χ1v) is 5.60. The summed E-state index contributed by atoms with van der Waals surface area (Å²) in [5.41, 5.74) is 2.02. The molecular formula is C12H18N2O2. The molecule has 4 nitrogen and oxygen atoms in total. The third-order valence-corrected chi connectivity index (χ3v) is 2.99. The third-order valence-electron chi connectivity index (χ3n) is 2.99. The first-order valence-electron chi connectivity index (χ1n) is 5.60. The molecule has 1 aromatic heterocycles. The standard InChI is InChI=1S/C12H18N2O2/c1-8-10(4-5-12(13-8)15-3)14-11-6-7-16-9(11)2/h4-5,9,11,14H,6-7H2,1-3H3. The van der Waals surface area contributed by atoms with E-state index in [-0.39, 0.29) is 6.10 Å². The maximum atomic E-state index is 5.51. The van der Waals surface area contributed by atoms with Crippen LogP contribution < -0.4 is 10.1 Å². The summed E-state index contributed by atoms with van der Waals surface area (Å²) >= 11 is 0. The number of aryl methyl sites for hydroxylation is 1. The van der Waals surface area contributed by atoms with E-state index in [0.29, 0.717) is 11.9 Å². The zero-order chi connectivity index (χ0) is 11.5. The van der Waals surface area contributed by atoms with Crippen LogP contribution >= 0.6 is 0 Å². The lowest BCUT2D eigenvalue weighted by atomic mass is 10.1. The van der Waals surface area contributed by atoms with Crippen molar-refractivity contribution in [3.63, 3.8) is 0 Å². The van der Waals surface area contributed by atoms with Crippen molar-refractivity contribution in [3.8, 4) is 5.88 Å². The highest BCUT2D eigenvalue weighted by Gasteiger charge is 2.24. The highest BCUT2D eigenvalue weighted by atomic mass is 16.5. The summed E-state index contributed by atoms with van der Waals surface area (Å²) in [6, 6.07) is 4.26. The monoisotopic (exact) mass is 222 g/mol. The Morgan fingerprint density at radius 1 is 1.50 bits per heavy atom. The molecule has 2 heterocycles. The van der Waals surface area contributed by atoms with E-state index in [9.17, 15) is 0 Å². The van der Waals surface area contributed by atoms with Gasteiger partial charge in [-0.1, -0.05) is 0 Å². The van der Waals surface area contributed by atoms with Crippen LogP contribution in [0, 0.1) is 6.92 Å². The molecule has 0 spiro atoms. The van der Waals surface area contributed by atoms with Crippen molar-refractivity contribution in [1.82, 2.24) is 4.98 Å². The second kappa shape index (κ2) is 4.70. The molecular weight excluding hydrogens is 204 g/mol. The molecule has 0 bridgehead atoms. The molecule has 1 saturated heterocycles. The number of hydrogen-bond donors (Lipinski definition) is 1. The smallest absolute Gasteiger partial charge is 0.213 e. The molecule has 2 rings (SSSR count). The molecule has 0 saturated carbocycles. The van der Waals surface area contributed by atoms with Crippen LogP contribution in [0.1, 0.15) is 19.0 Å². The zero-order valence-electron chi connectivity index (χ0n) is 9.99. The Kier molecular flexibility index (Phi) is 3.29. The lowest BCUT2D eigenvalue weighted by Gasteiger charge is -2.18. The SMILES string of the molecule is COc1ccc(NC2CCOC2C)c(C)n1. The molecule has 1 N–H and O–H groups in total. The fourth-order valence-electron chi connectivity index (χ4n) is 1.93. The Hall–Kier alpha value is -1.29. The van der Waals surface area contributed by atoms with E-state index in [1.54, 1.807) is 7.11 Å². The van der Waals surface area contributed by atoms with Gasteiger partial charge in [0.25, 0.3) is 0 Å². The number of rotatable bonds is 3. The normalized spacial score (nSPS) is 24.4. The molecule has 0 aromatic carbocycles. The van der Waals surface area contributed by atoms with Crippen molar-refractivity contribution < 1.29 is 9.47 Å². The zero-order valence-corrected chi connectivity index (χ0v) is 9.99. The Bertz CT molecular complexity index is 368. The van der Waals surface area contributed by atoms with E-state index in [4.69, 9.17) is 9.47 Å². The second-order valence-corrected chi connectivity index (χ2v) is 4.10. The first kappa shape index (κ1) is 11.2. The van der Waals surface area contributed by atoms with Crippen LogP contribution in [0.5, 0.6) is 5.88 Å². The summed E-state index contributed by atoms with van der Waals surface area (Å²) in [4.78, 5) is 4.33. The maximum absolute atomic E-state index is 5.51. The molecule has 0 aliphatic carbocycles. The number of aromatic nitrogens is 1. The number of ether oxygens (including phenoxy) is 2. The van der Waals surface area contributed by atoms with Crippen LogP contribution in [0.2, 0.25) is 0 Å². The van der Waals surface area contributed by atoms with E-state index in [1.807, 2.05) is 19.1 Å². The highest BCUT2D eigenvalue weighted by Crippen LogP contribution is 2.22. The summed E-state index contributed by atoms with van der Waals surface area (Å²) in [5, 5.41) is 3.47. The molecule has 1 aliphatic rings. The number of hydrogen-bond acceptors (Lipinski definition) is 4. The molecule has 2 atom stereocenters. The van der Waals surface area contributed by atoms with Gasteiger partial charge in [-0.15, -0.1) is 0 Å². The second-order valence-electron chi connectivity index (χ2n) is 4.10. The van der Waals surface area contributed by atoms with E-state index >= 15 is 0 Å². The van der Waals surface area contributed by atoms with Crippen LogP contribution in [0.15, 0.2) is 12.1 Å². The Morgan fingerprint density at radius 3 is 2.88 bits per heavy atom. The van der Waals surface area contributed by atoms with E-state index in [1.165, 1.54) is 0 Å². The summed E-state index contributed by atoms with van der Waals surface area (Å²) in [6.45, 7) is 4.91. The first-order chi connectivity index (χ1) is 7.70. The van der Waals surface area contributed by atoms with Crippen LogP contribution in [0.25, 0.3) is 0 Å². The maximum Gasteiger partial charge on any atom is 0.213 e. The third kappa shape index (κ3) is 2.27. The molecule has 16 heavy (non-hydrogen) atoms. The van der Waals surface area contributed by atoms with Gasteiger partial charge in [0.05, 0.1) is 30.6 Å². The minimum absolute atomic E-state index is 0.265. The summed E-state index contributed by atoms with van der Waals surface area (Å²) in [5.74, 6) is 0.652. The number of nitrogens with zero attached hydrogens (tertiary/aromatic N) is 1. The molecule has 0 radical (unpaired) electrons. The molecule has 88 valence electrons. The van der Waals surface area contributed by atoms with Crippen molar-refractivity contribution in [2.75, 3.05) is 19.0 Å². The quantitative estimate of drug-likeness (QED) is 0.849. The van der Waals surface area contributed by atoms with Gasteiger partial charge < -0.3 is 14.8 Å². The predicted octanol–water partition coefficient (Wildman–Crippen LogP) is 1.99. The van der Waals surface area contributed by atoms with Crippen molar-refractivity contribution in [1.29, 1.82) is 0 Å². The Balaban J connectivity index is 2.09. The number of methoxy groups -OCH3 is 1. The van der Waals surface area contributed by atoms with E-state index in [2.05, 4.69) is 17.2 Å². The van der Waals surface area contributed by atoms with E-state index < -0.39 is 0 Å². The molecule has 4 heteroatoms. The van der Waals surface area contributed by atoms with Crippen LogP contribution in [0.3, 0.4) is 0 Å². The van der Waals surface area contributed by atoms with Crippen LogP contribution in [0.4, 0.5) is 5.69 Å². The van der Waals surface area contributed by atoms with Gasteiger partial charge in [0.15, 0.2) is 0 Å². The van der Waals surface area contributed by atoms with Gasteiger partial charge >= 0.3 is 0 Å². The number of nitrogens with one attached hydrogen (secondary N) is 1. The minimum Gasteiger partial charge on any atom is -0.481 e. The molecule has 1 fully saturated rings. The van der Waals surface area contributed by atoms with Gasteiger partial charge in [-0.05, 0) is 26.3 Å². The summed E-state index contributed by atoms with van der Waals surface area (Å²) in [7, 11) is 1.63. The van der Waals surface area contributed by atoms with Crippen molar-refractivity contribution in [2.45, 2.75) is 32.4 Å². The van der Waals surface area contributed by atoms with Gasteiger partial charge in [-0.3, -0.25) is 0 Å². The van der Waals surface area contributed by atoms with Crippen molar-refractivity contribution in [3.05, 3.63) is 17.8 Å². The van der Waals surface area contributed by atoms with E-state index in [0.717, 1.165) is 24.4 Å². The average Bonchev–Trinajstić information content (AvgIpc) is 2.67. The number of anilines is 1. The van der Waals surface area contributed by atoms with Gasteiger partial charge in [0.2, 0.25) is 5.88 Å². The van der Waals surface area contributed by atoms with Gasteiger partial charge in [0, 0.05) is 12.7 Å². The van der Waals surface area contributed by atoms with Gasteiger partial charge in [0.1, 0.15) is 0 Å². The van der Waals surface area contributed by atoms with Crippen molar-refractivity contribution >= 4 is 5.69 Å². The van der Waals surface area contributed by atoms with Gasteiger partial charge in [-0.25, -0.2) is 4.98 Å². The molecule has 0 amide bonds. The lowest BCUT2D eigenvalue weighted by Crippen LogP contribution is -2.27. The molecule has 2 unspecified atom stereocenters.